The predicted molar refractivity (Wildman–Crippen MR) is 83.0 cm³/mol. The number of carbonyl (C=O) groups excluding carboxylic acids is 1. The molecule has 1 heterocycles. The first kappa shape index (κ1) is 17.4. The third kappa shape index (κ3) is 6.54. The molecule has 0 saturated heterocycles. The molecule has 1 aromatic rings. The summed E-state index contributed by atoms with van der Waals surface area (Å²) in [6, 6.07) is 3.42. The van der Waals surface area contributed by atoms with Gasteiger partial charge in [0.25, 0.3) is 5.91 Å². The third-order valence-corrected chi connectivity index (χ3v) is 3.41. The summed E-state index contributed by atoms with van der Waals surface area (Å²) >= 11 is 0. The van der Waals surface area contributed by atoms with Gasteiger partial charge in [-0.1, -0.05) is 13.3 Å². The van der Waals surface area contributed by atoms with Gasteiger partial charge in [0.15, 0.2) is 0 Å². The SMILES string of the molecule is CCCc1cc(C(=O)NCCNS(C)(=O)=O)cc(NC)n1. The molecular formula is C13H22N4O3S. The Morgan fingerprint density at radius 2 is 2.00 bits per heavy atom. The van der Waals surface area contributed by atoms with Gasteiger partial charge in [-0.25, -0.2) is 18.1 Å². The lowest BCUT2D eigenvalue weighted by molar-refractivity contribution is 0.0954. The number of nitrogens with zero attached hydrogens (tertiary/aromatic N) is 1. The van der Waals surface area contributed by atoms with Crippen LogP contribution in [0.2, 0.25) is 0 Å². The van der Waals surface area contributed by atoms with Crippen molar-refractivity contribution in [2.45, 2.75) is 19.8 Å². The number of aromatic nitrogens is 1. The van der Waals surface area contributed by atoms with Crippen LogP contribution in [0, 0.1) is 0 Å². The molecule has 7 nitrogen and oxygen atoms in total. The van der Waals surface area contributed by atoms with Crippen LogP contribution in [-0.2, 0) is 16.4 Å². The minimum atomic E-state index is -3.23. The number of amides is 1. The van der Waals surface area contributed by atoms with Crippen LogP contribution in [0.4, 0.5) is 5.82 Å². The molecule has 0 atom stereocenters. The second-order valence-corrected chi connectivity index (χ2v) is 6.49. The number of sulfonamides is 1. The van der Waals surface area contributed by atoms with Crippen LogP contribution in [0.15, 0.2) is 12.1 Å². The van der Waals surface area contributed by atoms with Gasteiger partial charge in [0.05, 0.1) is 6.26 Å². The van der Waals surface area contributed by atoms with E-state index in [4.69, 9.17) is 0 Å². The summed E-state index contributed by atoms with van der Waals surface area (Å²) in [4.78, 5) is 16.4. The molecule has 0 bridgehead atoms. The van der Waals surface area contributed by atoms with E-state index < -0.39 is 10.0 Å². The highest BCUT2D eigenvalue weighted by Gasteiger charge is 2.09. The van der Waals surface area contributed by atoms with Crippen LogP contribution in [-0.4, -0.2) is 45.7 Å². The molecule has 0 aliphatic heterocycles. The lowest BCUT2D eigenvalue weighted by Crippen LogP contribution is -2.34. The van der Waals surface area contributed by atoms with E-state index in [1.165, 1.54) is 0 Å². The van der Waals surface area contributed by atoms with Crippen LogP contribution in [0.5, 0.6) is 0 Å². The van der Waals surface area contributed by atoms with E-state index >= 15 is 0 Å². The number of hydrogen-bond donors (Lipinski definition) is 3. The molecule has 1 aromatic heterocycles. The Labute approximate surface area is 125 Å². The number of anilines is 1. The van der Waals surface area contributed by atoms with Crippen molar-refractivity contribution < 1.29 is 13.2 Å². The zero-order chi connectivity index (χ0) is 15.9. The molecule has 0 aliphatic carbocycles. The smallest absolute Gasteiger partial charge is 0.251 e. The lowest BCUT2D eigenvalue weighted by Gasteiger charge is -2.09. The highest BCUT2D eigenvalue weighted by atomic mass is 32.2. The van der Waals surface area contributed by atoms with E-state index in [-0.39, 0.29) is 19.0 Å². The van der Waals surface area contributed by atoms with Crippen molar-refractivity contribution >= 4 is 21.7 Å². The number of carbonyl (C=O) groups is 1. The van der Waals surface area contributed by atoms with Gasteiger partial charge in [0.2, 0.25) is 10.0 Å². The average Bonchev–Trinajstić information content (AvgIpc) is 2.42. The quantitative estimate of drug-likeness (QED) is 0.601. The number of rotatable bonds is 8. The van der Waals surface area contributed by atoms with Crippen LogP contribution >= 0.6 is 0 Å². The van der Waals surface area contributed by atoms with Crippen molar-refractivity contribution in [2.75, 3.05) is 31.7 Å². The molecule has 3 N–H and O–H groups in total. The summed E-state index contributed by atoms with van der Waals surface area (Å²) in [5.41, 5.74) is 1.36. The summed E-state index contributed by atoms with van der Waals surface area (Å²) in [6.07, 6.45) is 2.82. The summed E-state index contributed by atoms with van der Waals surface area (Å²) in [7, 11) is -1.49. The van der Waals surface area contributed by atoms with E-state index in [0.717, 1.165) is 24.8 Å². The maximum absolute atomic E-state index is 12.0. The fraction of sp³-hybridized carbons (Fsp3) is 0.538. The summed E-state index contributed by atoms with van der Waals surface area (Å²) in [5, 5.41) is 5.60. The van der Waals surface area contributed by atoms with Crippen LogP contribution < -0.4 is 15.4 Å². The van der Waals surface area contributed by atoms with Gasteiger partial charge in [-0.2, -0.15) is 0 Å². The van der Waals surface area contributed by atoms with Gasteiger partial charge in [-0.3, -0.25) is 4.79 Å². The molecule has 8 heteroatoms. The number of nitrogens with one attached hydrogen (secondary N) is 3. The van der Waals surface area contributed by atoms with Gasteiger partial charge in [0.1, 0.15) is 5.82 Å². The molecule has 0 saturated carbocycles. The van der Waals surface area contributed by atoms with Crippen molar-refractivity contribution in [2.24, 2.45) is 0 Å². The van der Waals surface area contributed by atoms with Crippen molar-refractivity contribution in [1.82, 2.24) is 15.0 Å². The Bertz CT molecular complexity index is 587. The van der Waals surface area contributed by atoms with Gasteiger partial charge >= 0.3 is 0 Å². The summed E-state index contributed by atoms with van der Waals surface area (Å²) in [5.74, 6) is 0.391. The Kier molecular flexibility index (Phi) is 6.57. The maximum atomic E-state index is 12.0. The fourth-order valence-electron chi connectivity index (χ4n) is 1.75. The Hall–Kier alpha value is -1.67. The Morgan fingerprint density at radius 3 is 2.57 bits per heavy atom. The first-order valence-corrected chi connectivity index (χ1v) is 8.66. The number of pyridine rings is 1. The molecule has 0 aromatic carbocycles. The summed E-state index contributed by atoms with van der Waals surface area (Å²) in [6.45, 7) is 2.44. The summed E-state index contributed by atoms with van der Waals surface area (Å²) < 4.78 is 24.1. The molecule has 0 spiro atoms. The molecule has 0 aliphatic rings. The van der Waals surface area contributed by atoms with Crippen LogP contribution in [0.25, 0.3) is 0 Å². The lowest BCUT2D eigenvalue weighted by atomic mass is 10.1. The monoisotopic (exact) mass is 314 g/mol. The van der Waals surface area contributed by atoms with Gasteiger partial charge < -0.3 is 10.6 Å². The van der Waals surface area contributed by atoms with Gasteiger partial charge in [0, 0.05) is 31.4 Å². The first-order chi connectivity index (χ1) is 9.85. The molecule has 1 rings (SSSR count). The third-order valence-electron chi connectivity index (χ3n) is 2.68. The molecule has 21 heavy (non-hydrogen) atoms. The number of aryl methyl sites for hydroxylation is 1. The molecule has 118 valence electrons. The minimum Gasteiger partial charge on any atom is -0.373 e. The fourth-order valence-corrected chi connectivity index (χ4v) is 2.22. The zero-order valence-electron chi connectivity index (χ0n) is 12.6. The first-order valence-electron chi connectivity index (χ1n) is 6.77. The zero-order valence-corrected chi connectivity index (χ0v) is 13.4. The highest BCUT2D eigenvalue weighted by molar-refractivity contribution is 7.88. The minimum absolute atomic E-state index is 0.163. The Balaban J connectivity index is 2.66. The van der Waals surface area contributed by atoms with Gasteiger partial charge in [-0.05, 0) is 18.6 Å². The maximum Gasteiger partial charge on any atom is 0.251 e. The van der Waals surface area contributed by atoms with Crippen molar-refractivity contribution in [3.63, 3.8) is 0 Å². The van der Waals surface area contributed by atoms with E-state index in [1.807, 2.05) is 6.92 Å². The van der Waals surface area contributed by atoms with Crippen molar-refractivity contribution in [3.05, 3.63) is 23.4 Å². The molecular weight excluding hydrogens is 292 g/mol. The van der Waals surface area contributed by atoms with Crippen molar-refractivity contribution in [3.8, 4) is 0 Å². The second-order valence-electron chi connectivity index (χ2n) is 4.65. The van der Waals surface area contributed by atoms with Crippen molar-refractivity contribution in [1.29, 1.82) is 0 Å². The van der Waals surface area contributed by atoms with Crippen LogP contribution in [0.1, 0.15) is 29.4 Å². The van der Waals surface area contributed by atoms with Gasteiger partial charge in [-0.15, -0.1) is 0 Å². The van der Waals surface area contributed by atoms with E-state index in [9.17, 15) is 13.2 Å². The second kappa shape index (κ2) is 7.94. The number of hydrogen-bond acceptors (Lipinski definition) is 5. The molecule has 0 unspecified atom stereocenters. The van der Waals surface area contributed by atoms with Crippen LogP contribution in [0.3, 0.4) is 0 Å². The average molecular weight is 314 g/mol. The standard InChI is InChI=1S/C13H22N4O3S/c1-4-5-11-8-10(9-12(14-2)17-11)13(18)15-6-7-16-21(3,19)20/h8-9,16H,4-7H2,1-3H3,(H,14,17)(H,15,18). The molecule has 1 amide bonds. The molecule has 0 fully saturated rings. The predicted octanol–water partition coefficient (Wildman–Crippen LogP) is 0.355. The van der Waals surface area contributed by atoms with E-state index in [1.54, 1.807) is 19.2 Å². The largest absolute Gasteiger partial charge is 0.373 e. The Morgan fingerprint density at radius 1 is 1.29 bits per heavy atom. The highest BCUT2D eigenvalue weighted by Crippen LogP contribution is 2.11. The van der Waals surface area contributed by atoms with E-state index in [0.29, 0.717) is 11.4 Å². The van der Waals surface area contributed by atoms with E-state index in [2.05, 4.69) is 20.3 Å². The normalized spacial score (nSPS) is 11.2. The topological polar surface area (TPSA) is 100 Å². The molecule has 0 radical (unpaired) electrons.